The number of carbonyl (C=O) groups is 1. The third kappa shape index (κ3) is 3.18. The van der Waals surface area contributed by atoms with Gasteiger partial charge in [-0.05, 0) is 127 Å². The second-order valence-corrected chi connectivity index (χ2v) is 17.5. The zero-order valence-corrected chi connectivity index (χ0v) is 26.8. The number of aromatic nitrogens is 2. The van der Waals surface area contributed by atoms with Gasteiger partial charge >= 0.3 is 0 Å². The Labute approximate surface area is 243 Å². The maximum Gasteiger partial charge on any atom is 0.164 e. The first-order chi connectivity index (χ1) is 18.6. The van der Waals surface area contributed by atoms with E-state index in [0.29, 0.717) is 45.4 Å². The van der Waals surface area contributed by atoms with E-state index in [4.69, 9.17) is 4.74 Å². The molecule has 6 fully saturated rings. The minimum absolute atomic E-state index is 0.136. The summed E-state index contributed by atoms with van der Waals surface area (Å²) in [7, 11) is 1.99. The van der Waals surface area contributed by atoms with E-state index in [2.05, 4.69) is 66.6 Å². The van der Waals surface area contributed by atoms with Gasteiger partial charge in [-0.1, -0.05) is 48.5 Å². The summed E-state index contributed by atoms with van der Waals surface area (Å²) < 4.78 is 8.69. The maximum atomic E-state index is 14.1. The summed E-state index contributed by atoms with van der Waals surface area (Å²) in [6, 6.07) is 0. The number of ketones is 1. The molecular weight excluding hydrogens is 492 g/mol. The first-order valence-corrected chi connectivity index (χ1v) is 16.5. The van der Waals surface area contributed by atoms with E-state index in [1.54, 1.807) is 0 Å². The van der Waals surface area contributed by atoms with Crippen molar-refractivity contribution in [3.8, 4) is 0 Å². The molecule has 220 valence electrons. The molecule has 6 aliphatic rings. The summed E-state index contributed by atoms with van der Waals surface area (Å²) >= 11 is 0. The first kappa shape index (κ1) is 27.4. The average Bonchev–Trinajstić information content (AvgIpc) is 3.39. The topological polar surface area (TPSA) is 44.1 Å². The van der Waals surface area contributed by atoms with Crippen LogP contribution in [-0.2, 0) is 16.6 Å². The van der Waals surface area contributed by atoms with Crippen LogP contribution >= 0.6 is 0 Å². The van der Waals surface area contributed by atoms with Gasteiger partial charge < -0.3 is 4.74 Å². The quantitative estimate of drug-likeness (QED) is 0.334. The third-order valence-corrected chi connectivity index (χ3v) is 15.3. The molecule has 9 atom stereocenters. The van der Waals surface area contributed by atoms with Gasteiger partial charge in [0.05, 0.1) is 18.9 Å². The van der Waals surface area contributed by atoms with E-state index in [9.17, 15) is 4.79 Å². The van der Waals surface area contributed by atoms with E-state index in [1.165, 1.54) is 51.4 Å². The van der Waals surface area contributed by atoms with Crippen LogP contribution in [0.4, 0.5) is 0 Å². The summed E-state index contributed by atoms with van der Waals surface area (Å²) in [5.41, 5.74) is 4.46. The van der Waals surface area contributed by atoms with E-state index >= 15 is 0 Å². The minimum atomic E-state index is -0.328. The van der Waals surface area contributed by atoms with Crippen LogP contribution in [0.15, 0.2) is 11.8 Å². The molecular formula is C36H54N2O2. The van der Waals surface area contributed by atoms with Crippen LogP contribution < -0.4 is 0 Å². The molecule has 1 aromatic rings. The standard InChI is InChI=1S/C36H54N2O2/c1-22-24(20-37-38(22)9)18-23-19-33(6)26(32(4,5)29(23)39)12-13-35(8)27(33)11-10-25-28-30-31(2,3)14-16-36(28,21-40-30)17-15-34(25,35)7/h18,20,25-28,30H,10-17,19,21H2,1-9H3/b23-18+/t25-,26-,27-,28+,30-,33+,34-,35-,36-/m1/s1. The van der Waals surface area contributed by atoms with Crippen molar-refractivity contribution in [3.63, 3.8) is 0 Å². The molecule has 2 bridgehead atoms. The molecule has 4 heteroatoms. The van der Waals surface area contributed by atoms with Crippen LogP contribution in [0.5, 0.6) is 0 Å². The van der Waals surface area contributed by atoms with Crippen molar-refractivity contribution in [2.45, 2.75) is 119 Å². The lowest BCUT2D eigenvalue weighted by Crippen LogP contribution is -2.67. The summed E-state index contributed by atoms with van der Waals surface area (Å²) in [6.45, 7) is 20.6. The van der Waals surface area contributed by atoms with Crippen LogP contribution in [0.25, 0.3) is 6.08 Å². The normalized spacial score (nSPS) is 49.7. The summed E-state index contributed by atoms with van der Waals surface area (Å²) in [4.78, 5) is 14.1. The van der Waals surface area contributed by atoms with Gasteiger partial charge in [-0.15, -0.1) is 0 Å². The molecule has 0 N–H and O–H groups in total. The van der Waals surface area contributed by atoms with E-state index < -0.39 is 0 Å². The summed E-state index contributed by atoms with van der Waals surface area (Å²) in [5.74, 6) is 2.96. The highest BCUT2D eigenvalue weighted by molar-refractivity contribution is 6.04. The first-order valence-electron chi connectivity index (χ1n) is 16.5. The number of rotatable bonds is 1. The number of carbonyl (C=O) groups excluding carboxylic acids is 1. The molecule has 4 nitrogen and oxygen atoms in total. The fourth-order valence-corrected chi connectivity index (χ4v) is 12.8. The zero-order chi connectivity index (χ0) is 28.7. The number of aryl methyl sites for hydroxylation is 1. The lowest BCUT2D eigenvalue weighted by molar-refractivity contribution is -0.236. The largest absolute Gasteiger partial charge is 0.377 e. The molecule has 1 saturated heterocycles. The average molecular weight is 547 g/mol. The Kier molecular flexibility index (Phi) is 5.58. The van der Waals surface area contributed by atoms with E-state index in [1.807, 2.05) is 17.9 Å². The fraction of sp³-hybridized carbons (Fsp3) is 0.833. The fourth-order valence-electron chi connectivity index (χ4n) is 12.8. The van der Waals surface area contributed by atoms with Crippen molar-refractivity contribution in [3.05, 3.63) is 23.0 Å². The molecule has 1 aromatic heterocycles. The van der Waals surface area contributed by atoms with Crippen LogP contribution in [0.3, 0.4) is 0 Å². The van der Waals surface area contributed by atoms with Crippen LogP contribution in [0, 0.1) is 63.1 Å². The predicted molar refractivity (Wildman–Crippen MR) is 160 cm³/mol. The van der Waals surface area contributed by atoms with Crippen molar-refractivity contribution in [2.75, 3.05) is 6.61 Å². The molecule has 2 heterocycles. The van der Waals surface area contributed by atoms with Crippen molar-refractivity contribution in [1.82, 2.24) is 9.78 Å². The van der Waals surface area contributed by atoms with Gasteiger partial charge in [0.2, 0.25) is 0 Å². The summed E-state index contributed by atoms with van der Waals surface area (Å²) in [6.07, 6.45) is 16.0. The maximum absolute atomic E-state index is 14.1. The van der Waals surface area contributed by atoms with Gasteiger partial charge in [-0.2, -0.15) is 5.10 Å². The molecule has 0 radical (unpaired) electrons. The number of nitrogens with zero attached hydrogens (tertiary/aromatic N) is 2. The van der Waals surface area contributed by atoms with Crippen LogP contribution in [-0.4, -0.2) is 28.3 Å². The Morgan fingerprint density at radius 3 is 2.35 bits per heavy atom. The second kappa shape index (κ2) is 8.14. The Balaban J connectivity index is 1.28. The molecule has 5 saturated carbocycles. The molecule has 0 aromatic carbocycles. The number of fused-ring (bicyclic) bond motifs is 5. The highest BCUT2D eigenvalue weighted by atomic mass is 16.5. The van der Waals surface area contributed by atoms with Gasteiger partial charge in [0.1, 0.15) is 0 Å². The van der Waals surface area contributed by atoms with Crippen molar-refractivity contribution in [2.24, 2.45) is 63.2 Å². The van der Waals surface area contributed by atoms with E-state index in [-0.39, 0.29) is 10.8 Å². The monoisotopic (exact) mass is 546 g/mol. The number of Topliss-reactive ketones (excluding diaryl/α,β-unsaturated/α-hetero) is 1. The number of allylic oxidation sites excluding steroid dienone is 1. The van der Waals surface area contributed by atoms with Gasteiger partial charge in [0, 0.05) is 23.7 Å². The van der Waals surface area contributed by atoms with Crippen molar-refractivity contribution < 1.29 is 9.53 Å². The smallest absolute Gasteiger partial charge is 0.164 e. The van der Waals surface area contributed by atoms with Crippen molar-refractivity contribution >= 4 is 11.9 Å². The molecule has 0 unspecified atom stereocenters. The van der Waals surface area contributed by atoms with Crippen LogP contribution in [0.2, 0.25) is 0 Å². The molecule has 40 heavy (non-hydrogen) atoms. The van der Waals surface area contributed by atoms with Gasteiger partial charge in [-0.3, -0.25) is 9.48 Å². The second-order valence-electron chi connectivity index (χ2n) is 17.5. The van der Waals surface area contributed by atoms with Gasteiger partial charge in [-0.25, -0.2) is 0 Å². The summed E-state index contributed by atoms with van der Waals surface area (Å²) in [5, 5.41) is 4.48. The Hall–Kier alpha value is -1.42. The number of hydrogen-bond acceptors (Lipinski definition) is 3. The number of ether oxygens (including phenoxy) is 1. The lowest BCUT2D eigenvalue weighted by atomic mass is 9.31. The molecule has 5 aliphatic carbocycles. The van der Waals surface area contributed by atoms with E-state index in [0.717, 1.165) is 41.7 Å². The number of hydrogen-bond donors (Lipinski definition) is 0. The Morgan fingerprint density at radius 2 is 1.65 bits per heavy atom. The third-order valence-electron chi connectivity index (χ3n) is 15.3. The van der Waals surface area contributed by atoms with Crippen LogP contribution in [0.1, 0.15) is 118 Å². The van der Waals surface area contributed by atoms with Gasteiger partial charge in [0.15, 0.2) is 5.78 Å². The zero-order valence-electron chi connectivity index (χ0n) is 26.8. The van der Waals surface area contributed by atoms with Crippen molar-refractivity contribution in [1.29, 1.82) is 0 Å². The molecule has 0 amide bonds. The molecule has 1 aliphatic heterocycles. The SMILES string of the molecule is Cc1c(/C=C2\C[C@@]3(C)[C@H](CC[C@]4(C)[C@@H]3CC[C@@H]3[C@H]5[C@H]6OC[C@@]5(CCC6(C)C)CC[C@]34C)C(C)(C)C2=O)cnn1C. The Morgan fingerprint density at radius 1 is 0.925 bits per heavy atom. The Bertz CT molecular complexity index is 1290. The minimum Gasteiger partial charge on any atom is -0.377 e. The lowest BCUT2D eigenvalue weighted by Gasteiger charge is -2.73. The molecule has 0 spiro atoms. The highest BCUT2D eigenvalue weighted by Gasteiger charge is 2.73. The highest BCUT2D eigenvalue weighted by Crippen LogP contribution is 2.78. The van der Waals surface area contributed by atoms with Gasteiger partial charge in [0.25, 0.3) is 0 Å². The predicted octanol–water partition coefficient (Wildman–Crippen LogP) is 8.18. The molecule has 7 rings (SSSR count).